The van der Waals surface area contributed by atoms with Crippen LogP contribution in [0, 0.1) is 50.7 Å². The molecule has 1 saturated carbocycles. The zero-order valence-corrected chi connectivity index (χ0v) is 14.0. The fourth-order valence-corrected chi connectivity index (χ4v) is 4.70. The molecule has 1 saturated heterocycles. The summed E-state index contributed by atoms with van der Waals surface area (Å²) in [5.41, 5.74) is 2.65. The molecule has 1 aromatic rings. The molecule has 25 heavy (non-hydrogen) atoms. The number of benzene rings is 1. The monoisotopic (exact) mass is 333 g/mol. The summed E-state index contributed by atoms with van der Waals surface area (Å²) in [7, 11) is 0. The number of nitrogens with one attached hydrogen (secondary N) is 1. The molecular weight excluding hydrogens is 314 g/mol. The lowest BCUT2D eigenvalue weighted by Crippen LogP contribution is -2.62. The van der Waals surface area contributed by atoms with Gasteiger partial charge in [-0.05, 0) is 12.0 Å². The highest BCUT2D eigenvalue weighted by Gasteiger charge is 2.76. The van der Waals surface area contributed by atoms with Gasteiger partial charge in [0.15, 0.2) is 10.8 Å². The van der Waals surface area contributed by atoms with E-state index in [1.54, 1.807) is 0 Å². The van der Waals surface area contributed by atoms with Crippen molar-refractivity contribution in [3.05, 3.63) is 35.9 Å². The van der Waals surface area contributed by atoms with Crippen LogP contribution in [0.5, 0.6) is 0 Å². The summed E-state index contributed by atoms with van der Waals surface area (Å²) >= 11 is 0. The van der Waals surface area contributed by atoms with Crippen LogP contribution in [0.1, 0.15) is 37.7 Å². The van der Waals surface area contributed by atoms with E-state index in [9.17, 15) is 20.6 Å². The molecule has 0 radical (unpaired) electrons. The fourth-order valence-electron chi connectivity index (χ4n) is 4.70. The summed E-state index contributed by atoms with van der Waals surface area (Å²) in [6, 6.07) is 15.3. The Morgan fingerprint density at radius 1 is 1.20 bits per heavy atom. The van der Waals surface area contributed by atoms with Crippen molar-refractivity contribution < 1.29 is 4.79 Å². The van der Waals surface area contributed by atoms with E-state index in [2.05, 4.69) is 17.5 Å². The minimum atomic E-state index is -1.79. The van der Waals surface area contributed by atoms with Crippen LogP contribution in [0.15, 0.2) is 30.3 Å². The van der Waals surface area contributed by atoms with Gasteiger partial charge >= 0.3 is 0 Å². The largest absolute Gasteiger partial charge is 0.336 e. The van der Waals surface area contributed by atoms with Crippen LogP contribution in [-0.2, 0) is 4.79 Å². The summed E-state index contributed by atoms with van der Waals surface area (Å²) < 4.78 is 0. The molecule has 3 N–H and O–H groups in total. The maximum atomic E-state index is 12.8. The van der Waals surface area contributed by atoms with Gasteiger partial charge in [-0.2, -0.15) is 15.8 Å². The van der Waals surface area contributed by atoms with Gasteiger partial charge in [0.2, 0.25) is 5.91 Å². The van der Waals surface area contributed by atoms with Crippen molar-refractivity contribution >= 4 is 5.91 Å². The third kappa shape index (κ3) is 1.94. The summed E-state index contributed by atoms with van der Waals surface area (Å²) in [4.78, 5) is 12.8. The minimum Gasteiger partial charge on any atom is -0.336 e. The first kappa shape index (κ1) is 17.0. The number of fused-ring (bicyclic) bond motifs is 2. The number of amides is 1. The Morgan fingerprint density at radius 3 is 2.36 bits per heavy atom. The molecule has 126 valence electrons. The molecule has 2 fully saturated rings. The van der Waals surface area contributed by atoms with Crippen molar-refractivity contribution in [3.63, 3.8) is 0 Å². The normalized spacial score (nSPS) is 35.1. The molecule has 1 aromatic carbocycles. The first-order chi connectivity index (χ1) is 11.9. The van der Waals surface area contributed by atoms with E-state index >= 15 is 0 Å². The van der Waals surface area contributed by atoms with E-state index in [0.717, 1.165) is 12.0 Å². The fraction of sp³-hybridized carbons (Fsp3) is 0.474. The number of nitrogens with two attached hydrogens (primary N) is 1. The second kappa shape index (κ2) is 5.59. The molecule has 0 aromatic heterocycles. The maximum Gasteiger partial charge on any atom is 0.244 e. The molecule has 3 rings (SSSR count). The SMILES string of the molecule is CCC[C@H]1[C@@H](c2ccccc2)C(C#N)(C#N)[C@]2(C#N)C[C@@]1(N)NC2=O. The van der Waals surface area contributed by atoms with Crippen molar-refractivity contribution in [3.8, 4) is 18.2 Å². The maximum absolute atomic E-state index is 12.8. The first-order valence-corrected chi connectivity index (χ1v) is 8.35. The molecule has 1 amide bonds. The van der Waals surface area contributed by atoms with E-state index in [0.29, 0.717) is 6.42 Å². The van der Waals surface area contributed by atoms with Crippen molar-refractivity contribution in [2.24, 2.45) is 22.5 Å². The van der Waals surface area contributed by atoms with Crippen molar-refractivity contribution in [1.29, 1.82) is 15.8 Å². The second-order valence-electron chi connectivity index (χ2n) is 7.00. The Balaban J connectivity index is 2.35. The molecular formula is C19H19N5O. The number of hydrogen-bond acceptors (Lipinski definition) is 5. The van der Waals surface area contributed by atoms with Crippen LogP contribution in [-0.4, -0.2) is 11.6 Å². The molecule has 2 aliphatic rings. The molecule has 6 nitrogen and oxygen atoms in total. The average molecular weight is 333 g/mol. The number of nitriles is 3. The quantitative estimate of drug-likeness (QED) is 0.873. The highest BCUT2D eigenvalue weighted by molar-refractivity contribution is 5.92. The van der Waals surface area contributed by atoms with Gasteiger partial charge in [0.1, 0.15) is 0 Å². The van der Waals surface area contributed by atoms with Crippen LogP contribution in [0.25, 0.3) is 0 Å². The molecule has 1 aliphatic carbocycles. The molecule has 4 atom stereocenters. The molecule has 6 heteroatoms. The van der Waals surface area contributed by atoms with Gasteiger partial charge in [-0.15, -0.1) is 0 Å². The minimum absolute atomic E-state index is 0.0234. The van der Waals surface area contributed by atoms with Gasteiger partial charge in [0.25, 0.3) is 0 Å². The Bertz CT molecular complexity index is 816. The highest BCUT2D eigenvalue weighted by Crippen LogP contribution is 2.64. The van der Waals surface area contributed by atoms with Gasteiger partial charge in [0, 0.05) is 18.3 Å². The second-order valence-corrected chi connectivity index (χ2v) is 7.00. The van der Waals surface area contributed by atoms with E-state index in [1.165, 1.54) is 0 Å². The van der Waals surface area contributed by atoms with E-state index < -0.39 is 28.3 Å². The van der Waals surface area contributed by atoms with Gasteiger partial charge in [-0.1, -0.05) is 43.7 Å². The van der Waals surface area contributed by atoms with Crippen LogP contribution < -0.4 is 11.1 Å². The summed E-state index contributed by atoms with van der Waals surface area (Å²) in [5, 5.41) is 32.7. The molecule has 0 unspecified atom stereocenters. The molecule has 1 heterocycles. The topological polar surface area (TPSA) is 126 Å². The smallest absolute Gasteiger partial charge is 0.244 e. The number of carbonyl (C=O) groups is 1. The Labute approximate surface area is 146 Å². The third-order valence-corrected chi connectivity index (χ3v) is 5.80. The van der Waals surface area contributed by atoms with Gasteiger partial charge < -0.3 is 11.1 Å². The predicted octanol–water partition coefficient (Wildman–Crippen LogP) is 1.92. The van der Waals surface area contributed by atoms with Crippen molar-refractivity contribution in [1.82, 2.24) is 5.32 Å². The van der Waals surface area contributed by atoms with Crippen LogP contribution in [0.3, 0.4) is 0 Å². The number of carbonyl (C=O) groups excluding carboxylic acids is 1. The molecule has 2 bridgehead atoms. The number of rotatable bonds is 3. The zero-order chi connectivity index (χ0) is 18.3. The summed E-state index contributed by atoms with van der Waals surface area (Å²) in [6.07, 6.45) is 1.41. The number of nitrogens with zero attached hydrogens (tertiary/aromatic N) is 3. The van der Waals surface area contributed by atoms with Crippen LogP contribution in [0.4, 0.5) is 0 Å². The van der Waals surface area contributed by atoms with Crippen molar-refractivity contribution in [2.45, 2.75) is 37.8 Å². The standard InChI is InChI=1S/C19H19N5O/c1-2-6-14-15(13-7-4-3-5-8-13)18(11-21,12-22)17(10-20)9-19(14,23)24-16(17)25/h3-5,7-8,14-15H,2,6,9,23H2,1H3,(H,24,25)/t14-,15+,17-,19+/m0/s1. The Hall–Kier alpha value is -2.88. The lowest BCUT2D eigenvalue weighted by atomic mass is 9.47. The van der Waals surface area contributed by atoms with Crippen LogP contribution in [0.2, 0.25) is 0 Å². The highest BCUT2D eigenvalue weighted by atomic mass is 16.2. The van der Waals surface area contributed by atoms with E-state index in [-0.39, 0.29) is 12.3 Å². The lowest BCUT2D eigenvalue weighted by Gasteiger charge is -2.50. The Kier molecular flexibility index (Phi) is 3.79. The van der Waals surface area contributed by atoms with Gasteiger partial charge in [-0.25, -0.2) is 0 Å². The molecule has 1 aliphatic heterocycles. The van der Waals surface area contributed by atoms with E-state index in [1.807, 2.05) is 43.3 Å². The summed E-state index contributed by atoms with van der Waals surface area (Å²) in [5.74, 6) is -1.55. The lowest BCUT2D eigenvalue weighted by molar-refractivity contribution is -0.128. The Morgan fingerprint density at radius 2 is 1.84 bits per heavy atom. The first-order valence-electron chi connectivity index (χ1n) is 8.35. The van der Waals surface area contributed by atoms with Crippen LogP contribution >= 0.6 is 0 Å². The number of hydrogen-bond donors (Lipinski definition) is 2. The van der Waals surface area contributed by atoms with Crippen molar-refractivity contribution in [2.75, 3.05) is 0 Å². The van der Waals surface area contributed by atoms with E-state index in [4.69, 9.17) is 5.73 Å². The average Bonchev–Trinajstić information content (AvgIpc) is 2.88. The van der Waals surface area contributed by atoms with Gasteiger partial charge in [0.05, 0.1) is 23.9 Å². The predicted molar refractivity (Wildman–Crippen MR) is 89.0 cm³/mol. The summed E-state index contributed by atoms with van der Waals surface area (Å²) in [6.45, 7) is 1.99. The third-order valence-electron chi connectivity index (χ3n) is 5.80. The zero-order valence-electron chi connectivity index (χ0n) is 14.0. The molecule has 0 spiro atoms. The van der Waals surface area contributed by atoms with Gasteiger partial charge in [-0.3, -0.25) is 4.79 Å².